The van der Waals surface area contributed by atoms with Crippen LogP contribution in [-0.4, -0.2) is 74.5 Å². The summed E-state index contributed by atoms with van der Waals surface area (Å²) in [5.41, 5.74) is -0.461. The summed E-state index contributed by atoms with van der Waals surface area (Å²) in [6.07, 6.45) is 1.99. The summed E-state index contributed by atoms with van der Waals surface area (Å²) in [5, 5.41) is 22.2. The second kappa shape index (κ2) is 22.2. The Kier molecular flexibility index (Phi) is 24.3. The second-order valence-electron chi connectivity index (χ2n) is 7.69. The Morgan fingerprint density at radius 2 is 0.864 bits per heavy atom. The minimum Gasteiger partial charge on any atom is -0.748 e. The number of rotatable bonds is 13. The summed E-state index contributed by atoms with van der Waals surface area (Å²) < 4.78 is 74.0. The number of allylic oxidation sites excluding steroid dienone is 2. The fourth-order valence-electron chi connectivity index (χ4n) is 2.95. The van der Waals surface area contributed by atoms with Crippen LogP contribution in [0.5, 0.6) is 0 Å². The Hall–Kier alpha value is -0.380. The van der Waals surface area contributed by atoms with E-state index >= 15 is 0 Å². The Balaban J connectivity index is -0.00000420. The van der Waals surface area contributed by atoms with Crippen molar-refractivity contribution in [3.05, 3.63) is 88.5 Å². The van der Waals surface area contributed by atoms with Gasteiger partial charge in [0.1, 0.15) is 18.8 Å². The van der Waals surface area contributed by atoms with E-state index in [-0.39, 0.29) is 135 Å². The first-order valence-electron chi connectivity index (χ1n) is 10.8. The fourth-order valence-corrected chi connectivity index (χ4v) is 3.52. The van der Waals surface area contributed by atoms with Gasteiger partial charge in [-0.3, -0.25) is 0 Å². The monoisotopic (exact) mass is 686 g/mol. The molecule has 214 valence electrons. The van der Waals surface area contributed by atoms with Gasteiger partial charge in [0.25, 0.3) is 0 Å². The summed E-state index contributed by atoms with van der Waals surface area (Å²) in [7, 11) is -9.56. The van der Waals surface area contributed by atoms with Crippen molar-refractivity contribution in [1.82, 2.24) is 0 Å². The van der Waals surface area contributed by atoms with Crippen molar-refractivity contribution < 1.29 is 183 Å². The molecular formula is C24H18Na4O14S2. The summed E-state index contributed by atoms with van der Waals surface area (Å²) in [5.74, 6) is -8.10. The Morgan fingerprint density at radius 3 is 1.14 bits per heavy atom. The third-order valence-corrected chi connectivity index (χ3v) is 6.19. The molecule has 2 aromatic carbocycles. The first-order chi connectivity index (χ1) is 18.6. The van der Waals surface area contributed by atoms with Gasteiger partial charge in [-0.15, -0.1) is 0 Å². The predicted molar refractivity (Wildman–Crippen MR) is 128 cm³/mol. The Morgan fingerprint density at radius 1 is 0.568 bits per heavy atom. The van der Waals surface area contributed by atoms with E-state index in [2.05, 4.69) is 9.47 Å². The Bertz CT molecular complexity index is 1460. The fraction of sp³-hybridized carbons (Fsp3) is 0.167. The maximum absolute atomic E-state index is 12.5. The number of carbonyl (C=O) groups excluding carboxylic acids is 4. The SMILES string of the molecule is O=C(OCCS(=O)(=O)[O-])C(=CC=C(c1ccc(C(=O)[O-])cc1)c1ccc(C(=O)[O-])cc1)C(=O)OCCS(=O)(=O)[O-].[Na+].[Na+].[Na+].[Na+]. The molecule has 0 aliphatic heterocycles. The number of carboxylic acids is 2. The zero-order chi connectivity index (χ0) is 30.1. The molecule has 0 saturated heterocycles. The molecule has 0 aliphatic carbocycles. The van der Waals surface area contributed by atoms with Crippen LogP contribution in [0.2, 0.25) is 0 Å². The van der Waals surface area contributed by atoms with Gasteiger partial charge in [-0.25, -0.2) is 26.4 Å². The van der Waals surface area contributed by atoms with Gasteiger partial charge in [0.15, 0.2) is 0 Å². The number of aromatic carboxylic acids is 2. The van der Waals surface area contributed by atoms with Crippen molar-refractivity contribution in [3.8, 4) is 0 Å². The average molecular weight is 686 g/mol. The van der Waals surface area contributed by atoms with Crippen LogP contribution in [0, 0.1) is 0 Å². The van der Waals surface area contributed by atoms with E-state index in [0.29, 0.717) is 11.1 Å². The van der Waals surface area contributed by atoms with Crippen molar-refractivity contribution in [3.63, 3.8) is 0 Å². The van der Waals surface area contributed by atoms with Crippen molar-refractivity contribution in [2.45, 2.75) is 0 Å². The summed E-state index contributed by atoms with van der Waals surface area (Å²) >= 11 is 0. The Labute approximate surface area is 341 Å². The molecule has 0 unspecified atom stereocenters. The molecule has 2 aromatic rings. The zero-order valence-electron chi connectivity index (χ0n) is 24.1. The quantitative estimate of drug-likeness (QED) is 0.0361. The van der Waals surface area contributed by atoms with Crippen LogP contribution in [0.15, 0.2) is 66.3 Å². The summed E-state index contributed by atoms with van der Waals surface area (Å²) in [6, 6.07) is 10.1. The van der Waals surface area contributed by atoms with Gasteiger partial charge >= 0.3 is 130 Å². The molecular weight excluding hydrogens is 668 g/mol. The predicted octanol–water partition coefficient (Wildman–Crippen LogP) is -14.0. The minimum atomic E-state index is -4.78. The van der Waals surface area contributed by atoms with Gasteiger partial charge in [0, 0.05) is 0 Å². The number of carbonyl (C=O) groups is 4. The molecule has 0 aromatic heterocycles. The van der Waals surface area contributed by atoms with Gasteiger partial charge in [0.2, 0.25) is 0 Å². The third kappa shape index (κ3) is 17.5. The average Bonchev–Trinajstić information content (AvgIpc) is 2.85. The van der Waals surface area contributed by atoms with Crippen LogP contribution in [0.1, 0.15) is 31.8 Å². The van der Waals surface area contributed by atoms with Crippen molar-refractivity contribution in [2.75, 3.05) is 24.7 Å². The van der Waals surface area contributed by atoms with Crippen LogP contribution >= 0.6 is 0 Å². The number of hydrogen-bond donors (Lipinski definition) is 0. The molecule has 0 N–H and O–H groups in total. The van der Waals surface area contributed by atoms with Crippen LogP contribution in [0.3, 0.4) is 0 Å². The molecule has 0 bridgehead atoms. The van der Waals surface area contributed by atoms with E-state index in [0.717, 1.165) is 12.2 Å². The van der Waals surface area contributed by atoms with E-state index in [9.17, 15) is 55.3 Å². The van der Waals surface area contributed by atoms with Gasteiger partial charge in [0.05, 0.1) is 43.7 Å². The van der Waals surface area contributed by atoms with Gasteiger partial charge in [-0.2, -0.15) is 0 Å². The molecule has 0 amide bonds. The molecule has 0 saturated carbocycles. The normalized spacial score (nSPS) is 10.1. The number of carboxylic acid groups (broad SMARTS) is 2. The number of ether oxygens (including phenoxy) is 2. The standard InChI is InChI=1S/C24H22O14S2.4Na/c25-21(26)17-5-1-15(2-6-17)19(16-3-7-18(8-4-16)22(27)28)9-10-20(23(29)37-11-13-39(31,32)33)24(30)38-12-14-40(34,35)36;;;;/h1-10H,11-14H2,(H,25,26)(H,27,28)(H,31,32,33)(H,34,35,36);;;;/q;4*+1/p-4. The number of hydrogen-bond acceptors (Lipinski definition) is 14. The smallest absolute Gasteiger partial charge is 0.748 e. The molecule has 44 heavy (non-hydrogen) atoms. The van der Waals surface area contributed by atoms with E-state index < -0.39 is 74.4 Å². The molecule has 0 fully saturated rings. The van der Waals surface area contributed by atoms with Crippen LogP contribution in [0.4, 0.5) is 0 Å². The topological polar surface area (TPSA) is 247 Å². The molecule has 0 spiro atoms. The number of benzene rings is 2. The van der Waals surface area contributed by atoms with E-state index in [4.69, 9.17) is 0 Å². The second-order valence-corrected chi connectivity index (χ2v) is 10.7. The molecule has 14 nitrogen and oxygen atoms in total. The number of esters is 2. The van der Waals surface area contributed by atoms with E-state index in [1.165, 1.54) is 48.5 Å². The molecule has 0 aliphatic rings. The minimum absolute atomic E-state index is 0. The maximum atomic E-state index is 12.5. The first kappa shape index (κ1) is 48.0. The molecule has 0 heterocycles. The molecule has 2 rings (SSSR count). The third-order valence-electron chi connectivity index (χ3n) is 4.85. The van der Waals surface area contributed by atoms with Crippen LogP contribution < -0.4 is 128 Å². The largest absolute Gasteiger partial charge is 1.00 e. The van der Waals surface area contributed by atoms with Gasteiger partial charge in [-0.05, 0) is 33.9 Å². The van der Waals surface area contributed by atoms with Crippen LogP contribution in [0.25, 0.3) is 5.57 Å². The van der Waals surface area contributed by atoms with Crippen molar-refractivity contribution in [1.29, 1.82) is 0 Å². The molecule has 0 radical (unpaired) electrons. The first-order valence-corrected chi connectivity index (χ1v) is 14.0. The summed E-state index contributed by atoms with van der Waals surface area (Å²) in [6.45, 7) is -1.87. The van der Waals surface area contributed by atoms with Crippen molar-refractivity contribution >= 4 is 49.7 Å². The zero-order valence-corrected chi connectivity index (χ0v) is 33.8. The summed E-state index contributed by atoms with van der Waals surface area (Å²) in [4.78, 5) is 47.2. The molecule has 0 atom stereocenters. The van der Waals surface area contributed by atoms with Crippen LogP contribution in [-0.2, 0) is 39.3 Å². The van der Waals surface area contributed by atoms with E-state index in [1.807, 2.05) is 0 Å². The van der Waals surface area contributed by atoms with Gasteiger partial charge in [-0.1, -0.05) is 54.6 Å². The van der Waals surface area contributed by atoms with E-state index in [1.54, 1.807) is 0 Å². The maximum Gasteiger partial charge on any atom is 1.00 e. The molecule has 20 heteroatoms. The van der Waals surface area contributed by atoms with Gasteiger partial charge < -0.3 is 38.4 Å². The van der Waals surface area contributed by atoms with Crippen molar-refractivity contribution in [2.24, 2.45) is 0 Å².